The van der Waals surface area contributed by atoms with E-state index in [1.165, 1.54) is 6.07 Å². The molecule has 4 rings (SSSR count). The van der Waals surface area contributed by atoms with Gasteiger partial charge < -0.3 is 9.15 Å². The molecule has 0 bridgehead atoms. The lowest BCUT2D eigenvalue weighted by Crippen LogP contribution is -2.12. The van der Waals surface area contributed by atoms with Gasteiger partial charge in [0, 0.05) is 17.0 Å². The predicted octanol–water partition coefficient (Wildman–Crippen LogP) is 4.30. The van der Waals surface area contributed by atoms with Gasteiger partial charge in [-0.3, -0.25) is 0 Å². The lowest BCUT2D eigenvalue weighted by molar-refractivity contribution is 0.0473. The third-order valence-corrected chi connectivity index (χ3v) is 6.12. The van der Waals surface area contributed by atoms with Crippen molar-refractivity contribution in [3.8, 4) is 0 Å². The van der Waals surface area contributed by atoms with Crippen LogP contribution in [-0.2, 0) is 21.2 Å². The fourth-order valence-corrected chi connectivity index (χ4v) is 3.97. The fourth-order valence-electron chi connectivity index (χ4n) is 3.24. The molecule has 0 unspecified atom stereocenters. The molecule has 0 aliphatic carbocycles. The van der Waals surface area contributed by atoms with E-state index >= 15 is 0 Å². The van der Waals surface area contributed by atoms with Crippen LogP contribution in [-0.4, -0.2) is 20.1 Å². The van der Waals surface area contributed by atoms with E-state index in [2.05, 4.69) is 0 Å². The van der Waals surface area contributed by atoms with E-state index in [4.69, 9.17) is 9.15 Å². The summed E-state index contributed by atoms with van der Waals surface area (Å²) >= 11 is 0. The molecule has 3 aromatic carbocycles. The second-order valence-corrected chi connectivity index (χ2v) is 8.57. The summed E-state index contributed by atoms with van der Waals surface area (Å²) in [7, 11) is -4.76. The zero-order chi connectivity index (χ0) is 22.2. The van der Waals surface area contributed by atoms with Crippen LogP contribution in [0.4, 0.5) is 8.78 Å². The summed E-state index contributed by atoms with van der Waals surface area (Å²) in [5.41, 5.74) is 0.160. The Morgan fingerprint density at radius 2 is 1.71 bits per heavy atom. The van der Waals surface area contributed by atoms with Crippen LogP contribution in [0.25, 0.3) is 21.7 Å². The predicted molar refractivity (Wildman–Crippen MR) is 109 cm³/mol. The third-order valence-electron chi connectivity index (χ3n) is 4.73. The van der Waals surface area contributed by atoms with E-state index in [0.29, 0.717) is 16.5 Å². The number of halogens is 2. The highest BCUT2D eigenvalue weighted by Gasteiger charge is 2.26. The minimum atomic E-state index is -4.76. The molecule has 6 nitrogen and oxygen atoms in total. The summed E-state index contributed by atoms with van der Waals surface area (Å²) in [6, 6.07) is 16.2. The van der Waals surface area contributed by atoms with Crippen LogP contribution in [0.5, 0.6) is 0 Å². The molecule has 158 valence electrons. The fraction of sp³-hybridized carbons (Fsp3) is 0.0909. The van der Waals surface area contributed by atoms with Crippen molar-refractivity contribution in [2.24, 2.45) is 0 Å². The zero-order valence-corrected chi connectivity index (χ0v) is 16.6. The monoisotopic (exact) mass is 444 g/mol. The maximum Gasteiger partial charge on any atom is 0.341 e. The maximum atomic E-state index is 12.6. The first kappa shape index (κ1) is 20.7. The maximum absolute atomic E-state index is 12.6. The number of hydrogen-bond donors (Lipinski definition) is 0. The van der Waals surface area contributed by atoms with Crippen LogP contribution in [0.1, 0.15) is 15.9 Å². The summed E-state index contributed by atoms with van der Waals surface area (Å²) in [6.07, 6.45) is 0. The van der Waals surface area contributed by atoms with Crippen molar-refractivity contribution in [3.63, 3.8) is 0 Å². The lowest BCUT2D eigenvalue weighted by Gasteiger charge is -2.10. The number of sulfone groups is 1. The van der Waals surface area contributed by atoms with Gasteiger partial charge in [-0.05, 0) is 41.1 Å². The second-order valence-electron chi connectivity index (χ2n) is 6.66. The van der Waals surface area contributed by atoms with E-state index in [-0.39, 0.29) is 12.2 Å². The van der Waals surface area contributed by atoms with Gasteiger partial charge in [0.1, 0.15) is 12.2 Å². The van der Waals surface area contributed by atoms with Gasteiger partial charge >= 0.3 is 17.4 Å². The Morgan fingerprint density at radius 3 is 2.42 bits per heavy atom. The van der Waals surface area contributed by atoms with Crippen molar-refractivity contribution in [2.75, 3.05) is 0 Å². The summed E-state index contributed by atoms with van der Waals surface area (Å²) in [4.78, 5) is 23.7. The van der Waals surface area contributed by atoms with Gasteiger partial charge in [0.25, 0.3) is 0 Å². The average molecular weight is 444 g/mol. The van der Waals surface area contributed by atoms with Gasteiger partial charge in [-0.25, -0.2) is 18.0 Å². The normalized spacial score (nSPS) is 11.8. The Kier molecular flexibility index (Phi) is 5.28. The number of benzene rings is 3. The molecule has 0 spiro atoms. The number of hydrogen-bond acceptors (Lipinski definition) is 6. The minimum Gasteiger partial charge on any atom is -0.457 e. The highest BCUT2D eigenvalue weighted by molar-refractivity contribution is 7.91. The molecule has 0 aliphatic rings. The largest absolute Gasteiger partial charge is 0.457 e. The highest BCUT2D eigenvalue weighted by atomic mass is 32.2. The van der Waals surface area contributed by atoms with E-state index in [0.717, 1.165) is 35.0 Å². The molecule has 0 radical (unpaired) electrons. The summed E-state index contributed by atoms with van der Waals surface area (Å²) in [5, 5.41) is 2.35. The molecule has 9 heteroatoms. The van der Waals surface area contributed by atoms with Crippen molar-refractivity contribution in [1.82, 2.24) is 0 Å². The Morgan fingerprint density at radius 1 is 1.00 bits per heavy atom. The second kappa shape index (κ2) is 7.92. The molecule has 0 N–H and O–H groups in total. The van der Waals surface area contributed by atoms with Crippen LogP contribution in [0, 0.1) is 0 Å². The smallest absolute Gasteiger partial charge is 0.341 e. The quantitative estimate of drug-likeness (QED) is 0.259. The van der Waals surface area contributed by atoms with Gasteiger partial charge in [0.2, 0.25) is 9.84 Å². The first-order chi connectivity index (χ1) is 14.8. The Bertz CT molecular complexity index is 1460. The van der Waals surface area contributed by atoms with Crippen molar-refractivity contribution < 1.29 is 31.1 Å². The number of ether oxygens (including phenoxy) is 1. The Hall–Kier alpha value is -3.59. The summed E-state index contributed by atoms with van der Waals surface area (Å²) in [5.74, 6) is -4.36. The zero-order valence-electron chi connectivity index (χ0n) is 15.7. The van der Waals surface area contributed by atoms with Crippen molar-refractivity contribution >= 4 is 37.5 Å². The number of alkyl halides is 2. The molecule has 0 fully saturated rings. The Labute approximate surface area is 174 Å². The first-order valence-electron chi connectivity index (χ1n) is 9.01. The van der Waals surface area contributed by atoms with Gasteiger partial charge in [0.15, 0.2) is 0 Å². The van der Waals surface area contributed by atoms with Crippen molar-refractivity contribution in [1.29, 1.82) is 0 Å². The SMILES string of the molecule is O=C(OCc1cc(=O)oc2ccc3ccccc3c12)c1ccc(S(=O)(=O)C(F)F)cc1. The summed E-state index contributed by atoms with van der Waals surface area (Å²) < 4.78 is 58.7. The van der Waals surface area contributed by atoms with Gasteiger partial charge in [-0.15, -0.1) is 0 Å². The standard InChI is InChI=1S/C22H14F2O6S/c23-22(24)31(27,28)16-8-5-14(6-9-16)21(26)29-12-15-11-19(25)30-18-10-7-13-3-1-2-4-17(13)20(15)18/h1-11,22H,12H2. The van der Waals surface area contributed by atoms with E-state index in [9.17, 15) is 26.8 Å². The summed E-state index contributed by atoms with van der Waals surface area (Å²) in [6.45, 7) is -0.244. The van der Waals surface area contributed by atoms with Crippen LogP contribution in [0.15, 0.2) is 80.8 Å². The van der Waals surface area contributed by atoms with E-state index < -0.39 is 32.1 Å². The molecule has 0 aliphatic heterocycles. The van der Waals surface area contributed by atoms with Crippen LogP contribution < -0.4 is 5.63 Å². The molecule has 4 aromatic rings. The number of carbonyl (C=O) groups excluding carboxylic acids is 1. The molecule has 0 saturated heterocycles. The molecule has 1 heterocycles. The van der Waals surface area contributed by atoms with E-state index in [1.54, 1.807) is 6.07 Å². The molecule has 0 atom stereocenters. The lowest BCUT2D eigenvalue weighted by atomic mass is 10.0. The number of carbonyl (C=O) groups is 1. The average Bonchev–Trinajstić information content (AvgIpc) is 2.76. The van der Waals surface area contributed by atoms with Gasteiger partial charge in [0.05, 0.1) is 10.5 Å². The van der Waals surface area contributed by atoms with Crippen molar-refractivity contribution in [3.05, 3.63) is 88.3 Å². The number of fused-ring (bicyclic) bond motifs is 3. The van der Waals surface area contributed by atoms with Crippen LogP contribution in [0.2, 0.25) is 0 Å². The van der Waals surface area contributed by atoms with E-state index in [1.807, 2.05) is 30.3 Å². The molecule has 31 heavy (non-hydrogen) atoms. The number of rotatable bonds is 5. The molecular formula is C22H14F2O6S. The van der Waals surface area contributed by atoms with Crippen LogP contribution >= 0.6 is 0 Å². The minimum absolute atomic E-state index is 0.0228. The first-order valence-corrected chi connectivity index (χ1v) is 10.6. The van der Waals surface area contributed by atoms with Gasteiger partial charge in [-0.1, -0.05) is 30.3 Å². The van der Waals surface area contributed by atoms with Crippen LogP contribution in [0.3, 0.4) is 0 Å². The topological polar surface area (TPSA) is 90.7 Å². The third kappa shape index (κ3) is 3.91. The van der Waals surface area contributed by atoms with Crippen molar-refractivity contribution in [2.45, 2.75) is 17.3 Å². The number of esters is 1. The van der Waals surface area contributed by atoms with Gasteiger partial charge in [-0.2, -0.15) is 8.78 Å². The Balaban J connectivity index is 1.63. The molecular weight excluding hydrogens is 430 g/mol. The molecule has 1 aromatic heterocycles. The molecule has 0 saturated carbocycles. The highest BCUT2D eigenvalue weighted by Crippen LogP contribution is 2.28. The molecule has 0 amide bonds.